The Kier molecular flexibility index (Phi) is 3.92. The number of fused-ring (bicyclic) bond motifs is 1. The van der Waals surface area contributed by atoms with Crippen LogP contribution in [0.2, 0.25) is 0 Å². The zero-order valence-corrected chi connectivity index (χ0v) is 12.9. The quantitative estimate of drug-likeness (QED) is 0.710. The maximum absolute atomic E-state index is 11.9. The van der Waals surface area contributed by atoms with Crippen molar-refractivity contribution in [2.75, 3.05) is 14.1 Å². The summed E-state index contributed by atoms with van der Waals surface area (Å²) in [6.07, 6.45) is 0.873. The average Bonchev–Trinajstić information content (AvgIpc) is 2.55. The number of carbonyl (C=O) groups is 1. The van der Waals surface area contributed by atoms with Gasteiger partial charge in [0.2, 0.25) is 0 Å². The molecule has 110 valence electrons. The van der Waals surface area contributed by atoms with E-state index < -0.39 is 0 Å². The molecule has 0 radical (unpaired) electrons. The third-order valence-corrected chi connectivity index (χ3v) is 3.88. The Hall–Kier alpha value is -2.61. The molecule has 0 fully saturated rings. The van der Waals surface area contributed by atoms with Crippen molar-refractivity contribution in [1.82, 2.24) is 4.90 Å². The van der Waals surface area contributed by atoms with Crippen LogP contribution in [-0.2, 0) is 6.42 Å². The lowest BCUT2D eigenvalue weighted by molar-refractivity contribution is 0.0827. The van der Waals surface area contributed by atoms with Gasteiger partial charge in [0.05, 0.1) is 0 Å². The Morgan fingerprint density at radius 1 is 0.864 bits per heavy atom. The zero-order chi connectivity index (χ0) is 15.5. The van der Waals surface area contributed by atoms with Gasteiger partial charge in [0.15, 0.2) is 0 Å². The molecule has 0 saturated heterocycles. The maximum Gasteiger partial charge on any atom is 0.253 e. The first-order valence-electron chi connectivity index (χ1n) is 7.42. The van der Waals surface area contributed by atoms with Crippen LogP contribution >= 0.6 is 0 Å². The van der Waals surface area contributed by atoms with Gasteiger partial charge < -0.3 is 4.90 Å². The predicted molar refractivity (Wildman–Crippen MR) is 91.2 cm³/mol. The highest BCUT2D eigenvalue weighted by Gasteiger charge is 2.08. The Morgan fingerprint density at radius 3 is 2.27 bits per heavy atom. The van der Waals surface area contributed by atoms with Crippen LogP contribution in [0.1, 0.15) is 21.5 Å². The highest BCUT2D eigenvalue weighted by Crippen LogP contribution is 2.21. The number of hydrogen-bond acceptors (Lipinski definition) is 1. The topological polar surface area (TPSA) is 20.3 Å². The number of amides is 1. The van der Waals surface area contributed by atoms with E-state index in [9.17, 15) is 4.79 Å². The van der Waals surface area contributed by atoms with E-state index in [1.54, 1.807) is 19.0 Å². The van der Waals surface area contributed by atoms with Gasteiger partial charge in [0.1, 0.15) is 0 Å². The van der Waals surface area contributed by atoms with E-state index in [0.717, 1.165) is 12.0 Å². The molecule has 0 aliphatic heterocycles. The van der Waals surface area contributed by atoms with E-state index in [0.29, 0.717) is 0 Å². The van der Waals surface area contributed by atoms with E-state index in [4.69, 9.17) is 0 Å². The molecule has 0 aliphatic carbocycles. The summed E-state index contributed by atoms with van der Waals surface area (Å²) in [4.78, 5) is 13.5. The number of rotatable bonds is 3. The van der Waals surface area contributed by atoms with E-state index in [1.165, 1.54) is 21.9 Å². The van der Waals surface area contributed by atoms with E-state index in [2.05, 4.69) is 42.5 Å². The van der Waals surface area contributed by atoms with Gasteiger partial charge in [0.25, 0.3) is 5.91 Å². The van der Waals surface area contributed by atoms with E-state index >= 15 is 0 Å². The monoisotopic (exact) mass is 289 g/mol. The summed E-state index contributed by atoms with van der Waals surface area (Å²) in [6.45, 7) is 0. The van der Waals surface area contributed by atoms with Crippen molar-refractivity contribution in [2.24, 2.45) is 0 Å². The van der Waals surface area contributed by atoms with Crippen molar-refractivity contribution < 1.29 is 4.79 Å². The van der Waals surface area contributed by atoms with Crippen LogP contribution in [0.15, 0.2) is 66.7 Å². The van der Waals surface area contributed by atoms with Crippen LogP contribution < -0.4 is 0 Å². The molecule has 3 aromatic rings. The van der Waals surface area contributed by atoms with Gasteiger partial charge in [-0.15, -0.1) is 0 Å². The number of nitrogens with zero attached hydrogens (tertiary/aromatic N) is 1. The number of carbonyl (C=O) groups excluding carboxylic acids is 1. The Bertz CT molecular complexity index is 798. The van der Waals surface area contributed by atoms with Crippen molar-refractivity contribution in [3.8, 4) is 0 Å². The predicted octanol–water partition coefficient (Wildman–Crippen LogP) is 4.13. The highest BCUT2D eigenvalue weighted by molar-refractivity contribution is 5.93. The van der Waals surface area contributed by atoms with Gasteiger partial charge in [-0.2, -0.15) is 0 Å². The minimum atomic E-state index is 0.0386. The van der Waals surface area contributed by atoms with Crippen molar-refractivity contribution in [1.29, 1.82) is 0 Å². The summed E-state index contributed by atoms with van der Waals surface area (Å²) < 4.78 is 0. The molecule has 22 heavy (non-hydrogen) atoms. The molecule has 3 rings (SSSR count). The van der Waals surface area contributed by atoms with Crippen molar-refractivity contribution in [3.63, 3.8) is 0 Å². The van der Waals surface area contributed by atoms with Crippen LogP contribution in [0.25, 0.3) is 10.8 Å². The first-order valence-corrected chi connectivity index (χ1v) is 7.42. The molecular weight excluding hydrogens is 270 g/mol. The highest BCUT2D eigenvalue weighted by atomic mass is 16.2. The summed E-state index contributed by atoms with van der Waals surface area (Å²) in [5.41, 5.74) is 3.25. The minimum absolute atomic E-state index is 0.0386. The van der Waals surface area contributed by atoms with Gasteiger partial charge in [-0.25, -0.2) is 0 Å². The Labute approximate surface area is 131 Å². The lowest BCUT2D eigenvalue weighted by Crippen LogP contribution is -2.21. The Balaban J connectivity index is 1.88. The second-order valence-electron chi connectivity index (χ2n) is 5.71. The third kappa shape index (κ3) is 2.86. The SMILES string of the molecule is CN(C)C(=O)c1ccc(Cc2cccc3ccccc23)cc1. The summed E-state index contributed by atoms with van der Waals surface area (Å²) in [5, 5.41) is 2.55. The van der Waals surface area contributed by atoms with Crippen LogP contribution in [-0.4, -0.2) is 24.9 Å². The molecule has 0 saturated carbocycles. The molecule has 0 N–H and O–H groups in total. The average molecular weight is 289 g/mol. The second kappa shape index (κ2) is 6.02. The smallest absolute Gasteiger partial charge is 0.253 e. The van der Waals surface area contributed by atoms with Crippen molar-refractivity contribution in [2.45, 2.75) is 6.42 Å². The van der Waals surface area contributed by atoms with Crippen LogP contribution in [0.5, 0.6) is 0 Å². The zero-order valence-electron chi connectivity index (χ0n) is 12.9. The molecular formula is C20H19NO. The number of hydrogen-bond donors (Lipinski definition) is 0. The molecule has 1 amide bonds. The molecule has 2 nitrogen and oxygen atoms in total. The van der Waals surface area contributed by atoms with E-state index in [1.807, 2.05) is 24.3 Å². The fourth-order valence-electron chi connectivity index (χ4n) is 2.69. The summed E-state index contributed by atoms with van der Waals surface area (Å²) in [5.74, 6) is 0.0386. The molecule has 0 bridgehead atoms. The summed E-state index contributed by atoms with van der Waals surface area (Å²) >= 11 is 0. The van der Waals surface area contributed by atoms with Crippen LogP contribution in [0, 0.1) is 0 Å². The van der Waals surface area contributed by atoms with Gasteiger partial charge in [0, 0.05) is 19.7 Å². The Morgan fingerprint density at radius 2 is 1.55 bits per heavy atom. The molecule has 0 heterocycles. The first kappa shape index (κ1) is 14.3. The van der Waals surface area contributed by atoms with Crippen LogP contribution in [0.4, 0.5) is 0 Å². The molecule has 0 atom stereocenters. The van der Waals surface area contributed by atoms with E-state index in [-0.39, 0.29) is 5.91 Å². The van der Waals surface area contributed by atoms with Crippen molar-refractivity contribution >= 4 is 16.7 Å². The molecule has 0 aliphatic rings. The fraction of sp³-hybridized carbons (Fsp3) is 0.150. The van der Waals surface area contributed by atoms with Gasteiger partial charge in [-0.05, 0) is 40.5 Å². The van der Waals surface area contributed by atoms with Gasteiger partial charge in [-0.1, -0.05) is 54.6 Å². The molecule has 0 unspecified atom stereocenters. The first-order chi connectivity index (χ1) is 10.6. The van der Waals surface area contributed by atoms with Gasteiger partial charge in [-0.3, -0.25) is 4.79 Å². The summed E-state index contributed by atoms with van der Waals surface area (Å²) in [7, 11) is 3.54. The summed E-state index contributed by atoms with van der Waals surface area (Å²) in [6, 6.07) is 22.7. The number of benzene rings is 3. The third-order valence-electron chi connectivity index (χ3n) is 3.88. The normalized spacial score (nSPS) is 10.6. The van der Waals surface area contributed by atoms with Gasteiger partial charge >= 0.3 is 0 Å². The lowest BCUT2D eigenvalue weighted by Gasteiger charge is -2.11. The lowest BCUT2D eigenvalue weighted by atomic mass is 9.98. The minimum Gasteiger partial charge on any atom is -0.345 e. The largest absolute Gasteiger partial charge is 0.345 e. The fourth-order valence-corrected chi connectivity index (χ4v) is 2.69. The second-order valence-corrected chi connectivity index (χ2v) is 5.71. The molecule has 0 spiro atoms. The maximum atomic E-state index is 11.9. The molecule has 3 aromatic carbocycles. The van der Waals surface area contributed by atoms with Crippen LogP contribution in [0.3, 0.4) is 0 Å². The molecule has 2 heteroatoms. The standard InChI is InChI=1S/C20H19NO/c1-21(2)20(22)17-12-10-15(11-13-17)14-18-8-5-7-16-6-3-4-9-19(16)18/h3-13H,14H2,1-2H3. The molecule has 0 aromatic heterocycles. The van der Waals surface area contributed by atoms with Crippen molar-refractivity contribution in [3.05, 3.63) is 83.4 Å².